The number of piperidine rings is 1. The number of rotatable bonds is 3. The highest BCUT2D eigenvalue weighted by Gasteiger charge is 2.29. The van der Waals surface area contributed by atoms with Crippen LogP contribution in [-0.2, 0) is 0 Å². The lowest BCUT2D eigenvalue weighted by Crippen LogP contribution is -2.39. The summed E-state index contributed by atoms with van der Waals surface area (Å²) < 4.78 is 5.90. The first-order valence-electron chi connectivity index (χ1n) is 8.95. The van der Waals surface area contributed by atoms with E-state index in [2.05, 4.69) is 10.2 Å². The van der Waals surface area contributed by atoms with Crippen molar-refractivity contribution < 1.29 is 9.21 Å². The molecular weight excluding hydrogens is 326 g/mol. The summed E-state index contributed by atoms with van der Waals surface area (Å²) in [6, 6.07) is 17.5. The summed E-state index contributed by atoms with van der Waals surface area (Å²) in [5.74, 6) is 1.30. The zero-order valence-corrected chi connectivity index (χ0v) is 14.8. The van der Waals surface area contributed by atoms with Crippen LogP contribution in [0, 0.1) is 6.92 Å². The predicted molar refractivity (Wildman–Crippen MR) is 98.8 cm³/mol. The molecule has 0 N–H and O–H groups in total. The molecule has 4 rings (SSSR count). The SMILES string of the molecule is Cc1ccc(C(=O)N2CCC[C@@H](c3nnc(-c4ccccc4)o3)C2)cc1. The number of hydrogen-bond acceptors (Lipinski definition) is 4. The van der Waals surface area contributed by atoms with Gasteiger partial charge in [0.15, 0.2) is 0 Å². The number of likely N-dealkylation sites (tertiary alicyclic amines) is 1. The Bertz CT molecular complexity index is 887. The number of benzene rings is 2. The fraction of sp³-hybridized carbons (Fsp3) is 0.286. The van der Waals surface area contributed by atoms with Crippen molar-refractivity contribution in [2.24, 2.45) is 0 Å². The van der Waals surface area contributed by atoms with Crippen LogP contribution in [0.5, 0.6) is 0 Å². The van der Waals surface area contributed by atoms with E-state index in [4.69, 9.17) is 4.42 Å². The largest absolute Gasteiger partial charge is 0.420 e. The van der Waals surface area contributed by atoms with Crippen LogP contribution >= 0.6 is 0 Å². The Kier molecular flexibility index (Phi) is 4.52. The van der Waals surface area contributed by atoms with E-state index in [-0.39, 0.29) is 11.8 Å². The maximum absolute atomic E-state index is 12.8. The van der Waals surface area contributed by atoms with Crippen molar-refractivity contribution in [2.45, 2.75) is 25.7 Å². The normalized spacial score (nSPS) is 17.3. The number of aryl methyl sites for hydroxylation is 1. The average Bonchev–Trinajstić information content (AvgIpc) is 3.19. The third-order valence-electron chi connectivity index (χ3n) is 4.82. The molecule has 132 valence electrons. The van der Waals surface area contributed by atoms with Gasteiger partial charge in [0.05, 0.1) is 5.92 Å². The van der Waals surface area contributed by atoms with Gasteiger partial charge in [0, 0.05) is 24.2 Å². The van der Waals surface area contributed by atoms with Gasteiger partial charge in [-0.05, 0) is 44.0 Å². The van der Waals surface area contributed by atoms with Crippen molar-refractivity contribution >= 4 is 5.91 Å². The van der Waals surface area contributed by atoms with Gasteiger partial charge in [0.25, 0.3) is 5.91 Å². The Hall–Kier alpha value is -2.95. The van der Waals surface area contributed by atoms with Gasteiger partial charge in [-0.2, -0.15) is 0 Å². The number of nitrogens with zero attached hydrogens (tertiary/aromatic N) is 3. The Balaban J connectivity index is 1.49. The van der Waals surface area contributed by atoms with E-state index in [1.54, 1.807) is 0 Å². The summed E-state index contributed by atoms with van der Waals surface area (Å²) in [7, 11) is 0. The lowest BCUT2D eigenvalue weighted by molar-refractivity contribution is 0.0698. The first-order valence-corrected chi connectivity index (χ1v) is 8.95. The van der Waals surface area contributed by atoms with Crippen molar-refractivity contribution in [1.29, 1.82) is 0 Å². The summed E-state index contributed by atoms with van der Waals surface area (Å²) in [6.07, 6.45) is 1.89. The second kappa shape index (κ2) is 7.12. The molecule has 0 unspecified atom stereocenters. The Morgan fingerprint density at radius 1 is 1.08 bits per heavy atom. The van der Waals surface area contributed by atoms with Crippen molar-refractivity contribution in [3.05, 3.63) is 71.6 Å². The molecule has 0 spiro atoms. The molecule has 0 radical (unpaired) electrons. The van der Waals surface area contributed by atoms with Gasteiger partial charge < -0.3 is 9.32 Å². The smallest absolute Gasteiger partial charge is 0.253 e. The minimum atomic E-state index is 0.0671. The summed E-state index contributed by atoms with van der Waals surface area (Å²) in [5.41, 5.74) is 2.79. The molecule has 1 fully saturated rings. The Labute approximate surface area is 152 Å². The molecular formula is C21H21N3O2. The van der Waals surface area contributed by atoms with Gasteiger partial charge in [0.1, 0.15) is 0 Å². The minimum Gasteiger partial charge on any atom is -0.420 e. The standard InChI is InChI=1S/C21H21N3O2/c1-15-9-11-17(12-10-15)21(25)24-13-5-8-18(14-24)20-23-22-19(26-20)16-6-3-2-4-7-16/h2-4,6-7,9-12,18H,5,8,13-14H2,1H3/t18-/m1/s1. The van der Waals surface area contributed by atoms with Crippen molar-refractivity contribution in [2.75, 3.05) is 13.1 Å². The Morgan fingerprint density at radius 3 is 2.62 bits per heavy atom. The van der Waals surface area contributed by atoms with E-state index in [1.165, 1.54) is 0 Å². The van der Waals surface area contributed by atoms with Crippen LogP contribution in [0.4, 0.5) is 0 Å². The molecule has 5 nitrogen and oxygen atoms in total. The van der Waals surface area contributed by atoms with E-state index in [0.717, 1.165) is 36.1 Å². The molecule has 3 aromatic rings. The molecule has 0 aliphatic carbocycles. The van der Waals surface area contributed by atoms with Crippen LogP contribution in [0.15, 0.2) is 59.0 Å². The zero-order chi connectivity index (χ0) is 17.9. The lowest BCUT2D eigenvalue weighted by Gasteiger charge is -2.31. The van der Waals surface area contributed by atoms with Crippen LogP contribution < -0.4 is 0 Å². The fourth-order valence-corrected chi connectivity index (χ4v) is 3.34. The average molecular weight is 347 g/mol. The first-order chi connectivity index (χ1) is 12.7. The van der Waals surface area contributed by atoms with Crippen LogP contribution in [-0.4, -0.2) is 34.1 Å². The minimum absolute atomic E-state index is 0.0671. The topological polar surface area (TPSA) is 59.2 Å². The fourth-order valence-electron chi connectivity index (χ4n) is 3.34. The number of hydrogen-bond donors (Lipinski definition) is 0. The molecule has 1 aromatic heterocycles. The Morgan fingerprint density at radius 2 is 1.85 bits per heavy atom. The van der Waals surface area contributed by atoms with Crippen LogP contribution in [0.1, 0.15) is 40.6 Å². The number of aromatic nitrogens is 2. The molecule has 1 saturated heterocycles. The predicted octanol–water partition coefficient (Wildman–Crippen LogP) is 4.06. The van der Waals surface area contributed by atoms with Crippen LogP contribution in [0.3, 0.4) is 0 Å². The molecule has 1 amide bonds. The maximum Gasteiger partial charge on any atom is 0.253 e. The van der Waals surface area contributed by atoms with Gasteiger partial charge in [0.2, 0.25) is 11.8 Å². The number of carbonyl (C=O) groups is 1. The molecule has 5 heteroatoms. The zero-order valence-electron chi connectivity index (χ0n) is 14.8. The molecule has 2 aromatic carbocycles. The summed E-state index contributed by atoms with van der Waals surface area (Å²) in [6.45, 7) is 3.40. The first kappa shape index (κ1) is 16.5. The number of carbonyl (C=O) groups excluding carboxylic acids is 1. The quantitative estimate of drug-likeness (QED) is 0.717. The van der Waals surface area contributed by atoms with Crippen molar-refractivity contribution in [1.82, 2.24) is 15.1 Å². The van der Waals surface area contributed by atoms with Crippen LogP contribution in [0.2, 0.25) is 0 Å². The maximum atomic E-state index is 12.8. The molecule has 2 heterocycles. The van der Waals surface area contributed by atoms with E-state index in [9.17, 15) is 4.79 Å². The van der Waals surface area contributed by atoms with Gasteiger partial charge in [-0.3, -0.25) is 4.79 Å². The van der Waals surface area contributed by atoms with E-state index in [1.807, 2.05) is 66.4 Å². The summed E-state index contributed by atoms with van der Waals surface area (Å²) in [4.78, 5) is 14.7. The monoisotopic (exact) mass is 347 g/mol. The van der Waals surface area contributed by atoms with Crippen LogP contribution in [0.25, 0.3) is 11.5 Å². The second-order valence-corrected chi connectivity index (χ2v) is 6.77. The van der Waals surface area contributed by atoms with Crippen molar-refractivity contribution in [3.63, 3.8) is 0 Å². The van der Waals surface area contributed by atoms with E-state index >= 15 is 0 Å². The molecule has 1 aliphatic heterocycles. The molecule has 0 saturated carbocycles. The molecule has 0 bridgehead atoms. The highest BCUT2D eigenvalue weighted by atomic mass is 16.4. The highest BCUT2D eigenvalue weighted by Crippen LogP contribution is 2.29. The van der Waals surface area contributed by atoms with Gasteiger partial charge >= 0.3 is 0 Å². The second-order valence-electron chi connectivity index (χ2n) is 6.77. The van der Waals surface area contributed by atoms with Crippen molar-refractivity contribution in [3.8, 4) is 11.5 Å². The van der Waals surface area contributed by atoms with Gasteiger partial charge in [-0.15, -0.1) is 10.2 Å². The lowest BCUT2D eigenvalue weighted by atomic mass is 9.97. The molecule has 26 heavy (non-hydrogen) atoms. The van der Waals surface area contributed by atoms with E-state index < -0.39 is 0 Å². The number of amides is 1. The van der Waals surface area contributed by atoms with Gasteiger partial charge in [-0.25, -0.2) is 0 Å². The highest BCUT2D eigenvalue weighted by molar-refractivity contribution is 5.94. The molecule has 1 atom stereocenters. The molecule has 1 aliphatic rings. The van der Waals surface area contributed by atoms with Gasteiger partial charge in [-0.1, -0.05) is 35.9 Å². The summed E-state index contributed by atoms with van der Waals surface area (Å²) in [5, 5.41) is 8.42. The third kappa shape index (κ3) is 3.38. The van der Waals surface area contributed by atoms with E-state index in [0.29, 0.717) is 18.3 Å². The summed E-state index contributed by atoms with van der Waals surface area (Å²) >= 11 is 0. The third-order valence-corrected chi connectivity index (χ3v) is 4.82.